The number of hydrogen-bond donors (Lipinski definition) is 2. The van der Waals surface area contributed by atoms with Crippen LogP contribution < -0.4 is 5.32 Å². The lowest BCUT2D eigenvalue weighted by Crippen LogP contribution is -2.49. The van der Waals surface area contributed by atoms with E-state index in [0.29, 0.717) is 9.21 Å². The number of ether oxygens (including phenoxy) is 1. The average Bonchev–Trinajstić information content (AvgIpc) is 2.87. The Hall–Kier alpha value is -1.11. The molecule has 0 radical (unpaired) electrons. The van der Waals surface area contributed by atoms with Gasteiger partial charge in [0.15, 0.2) is 0 Å². The second-order valence-electron chi connectivity index (χ2n) is 4.37. The molecule has 18 heavy (non-hydrogen) atoms. The molecule has 2 heterocycles. The molecule has 98 valence electrons. The molecule has 0 spiro atoms. The summed E-state index contributed by atoms with van der Waals surface area (Å²) in [6, 6.07) is 2.70. The number of nitrogens with one attached hydrogen (secondary N) is 1. The van der Waals surface area contributed by atoms with Crippen molar-refractivity contribution in [2.24, 2.45) is 5.41 Å². The number of rotatable bonds is 3. The number of carboxylic acids is 1. The number of carboxylic acid groups (broad SMARTS) is 1. The Morgan fingerprint density at radius 1 is 1.61 bits per heavy atom. The van der Waals surface area contributed by atoms with Crippen molar-refractivity contribution >= 4 is 34.8 Å². The Balaban J connectivity index is 2.10. The molecule has 1 amide bonds. The van der Waals surface area contributed by atoms with Gasteiger partial charge >= 0.3 is 5.97 Å². The first-order chi connectivity index (χ1) is 8.43. The molecule has 2 atom stereocenters. The highest BCUT2D eigenvalue weighted by Gasteiger charge is 2.47. The van der Waals surface area contributed by atoms with Gasteiger partial charge in [0.1, 0.15) is 5.41 Å². The van der Waals surface area contributed by atoms with Crippen LogP contribution in [0.3, 0.4) is 0 Å². The van der Waals surface area contributed by atoms with Crippen LogP contribution in [0.5, 0.6) is 0 Å². The summed E-state index contributed by atoms with van der Waals surface area (Å²) < 4.78 is 5.68. The Labute approximate surface area is 113 Å². The lowest BCUT2D eigenvalue weighted by atomic mass is 9.85. The molecular weight excluding hydrogens is 278 g/mol. The maximum atomic E-state index is 11.9. The van der Waals surface area contributed by atoms with Crippen molar-refractivity contribution in [3.05, 3.63) is 21.3 Å². The molecular formula is C11H12ClNO4S. The fourth-order valence-electron chi connectivity index (χ4n) is 1.75. The third-order valence-corrected chi connectivity index (χ3v) is 4.28. The summed E-state index contributed by atoms with van der Waals surface area (Å²) in [4.78, 5) is 23.6. The molecule has 7 heteroatoms. The highest BCUT2D eigenvalue weighted by Crippen LogP contribution is 2.29. The lowest BCUT2D eigenvalue weighted by molar-refractivity contribution is -0.148. The molecule has 5 nitrogen and oxygen atoms in total. The van der Waals surface area contributed by atoms with E-state index in [9.17, 15) is 14.7 Å². The smallest absolute Gasteiger partial charge is 0.313 e. The standard InChI is InChI=1S/C11H12ClNO4S/c1-11(10(15)16)5-17-4-7(11)13-9(14)6-2-3-8(12)18-6/h2-3,7H,4-5H2,1H3,(H,13,14)(H,15,16). The Bertz CT molecular complexity index is 489. The summed E-state index contributed by atoms with van der Waals surface area (Å²) in [6.07, 6.45) is 0. The average molecular weight is 290 g/mol. The molecule has 1 saturated heterocycles. The quantitative estimate of drug-likeness (QED) is 0.887. The first-order valence-corrected chi connectivity index (χ1v) is 6.50. The summed E-state index contributed by atoms with van der Waals surface area (Å²) >= 11 is 6.90. The van der Waals surface area contributed by atoms with Crippen molar-refractivity contribution in [3.63, 3.8) is 0 Å². The molecule has 2 rings (SSSR count). The fourth-order valence-corrected chi connectivity index (χ4v) is 2.70. The number of amides is 1. The molecule has 1 aromatic heterocycles. The zero-order valence-corrected chi connectivity index (χ0v) is 11.2. The molecule has 1 fully saturated rings. The predicted octanol–water partition coefficient (Wildman–Crippen LogP) is 1.62. The SMILES string of the molecule is CC1(C(=O)O)COCC1NC(=O)c1ccc(Cl)s1. The molecule has 0 saturated carbocycles. The number of carbonyl (C=O) groups is 2. The maximum Gasteiger partial charge on any atom is 0.313 e. The summed E-state index contributed by atoms with van der Waals surface area (Å²) in [6.45, 7) is 1.86. The van der Waals surface area contributed by atoms with Gasteiger partial charge in [-0.15, -0.1) is 11.3 Å². The Kier molecular flexibility index (Phi) is 3.61. The maximum absolute atomic E-state index is 11.9. The van der Waals surface area contributed by atoms with Crippen LogP contribution in [0.15, 0.2) is 12.1 Å². The van der Waals surface area contributed by atoms with Crippen LogP contribution in [0.4, 0.5) is 0 Å². The molecule has 0 aromatic carbocycles. The first kappa shape index (κ1) is 13.3. The van der Waals surface area contributed by atoms with Crippen LogP contribution >= 0.6 is 22.9 Å². The van der Waals surface area contributed by atoms with Gasteiger partial charge in [0.2, 0.25) is 0 Å². The third kappa shape index (κ3) is 2.36. The molecule has 2 unspecified atom stereocenters. The monoisotopic (exact) mass is 289 g/mol. The first-order valence-electron chi connectivity index (χ1n) is 5.31. The normalized spacial score (nSPS) is 27.1. The van der Waals surface area contributed by atoms with E-state index < -0.39 is 17.4 Å². The van der Waals surface area contributed by atoms with Crippen LogP contribution in [-0.2, 0) is 9.53 Å². The van der Waals surface area contributed by atoms with Crippen LogP contribution in [0.25, 0.3) is 0 Å². The summed E-state index contributed by atoms with van der Waals surface area (Å²) in [5, 5.41) is 11.9. The number of aliphatic carboxylic acids is 1. The number of hydrogen-bond acceptors (Lipinski definition) is 4. The molecule has 0 aliphatic carbocycles. The fraction of sp³-hybridized carbons (Fsp3) is 0.455. The van der Waals surface area contributed by atoms with Gasteiger partial charge in [-0.25, -0.2) is 0 Å². The molecule has 2 N–H and O–H groups in total. The third-order valence-electron chi connectivity index (χ3n) is 3.05. The van der Waals surface area contributed by atoms with E-state index in [1.807, 2.05) is 0 Å². The van der Waals surface area contributed by atoms with Gasteiger partial charge in [-0.05, 0) is 19.1 Å². The topological polar surface area (TPSA) is 75.6 Å². The lowest BCUT2D eigenvalue weighted by Gasteiger charge is -2.25. The summed E-state index contributed by atoms with van der Waals surface area (Å²) in [7, 11) is 0. The van der Waals surface area contributed by atoms with Gasteiger partial charge in [-0.1, -0.05) is 11.6 Å². The van der Waals surface area contributed by atoms with Gasteiger partial charge in [-0.3, -0.25) is 9.59 Å². The minimum Gasteiger partial charge on any atom is -0.481 e. The second-order valence-corrected chi connectivity index (χ2v) is 6.08. The highest BCUT2D eigenvalue weighted by atomic mass is 35.5. The number of thiophene rings is 1. The number of carbonyl (C=O) groups excluding carboxylic acids is 1. The Morgan fingerprint density at radius 3 is 2.89 bits per heavy atom. The zero-order chi connectivity index (χ0) is 13.3. The zero-order valence-electron chi connectivity index (χ0n) is 9.60. The minimum atomic E-state index is -1.09. The van der Waals surface area contributed by atoms with Crippen molar-refractivity contribution in [2.75, 3.05) is 13.2 Å². The number of halogens is 1. The minimum absolute atomic E-state index is 0.0957. The van der Waals surface area contributed by atoms with E-state index in [1.165, 1.54) is 0 Å². The van der Waals surface area contributed by atoms with Crippen molar-refractivity contribution in [1.29, 1.82) is 0 Å². The van der Waals surface area contributed by atoms with Crippen molar-refractivity contribution in [1.82, 2.24) is 5.32 Å². The molecule has 1 aliphatic heterocycles. The van der Waals surface area contributed by atoms with E-state index in [2.05, 4.69) is 5.32 Å². The van der Waals surface area contributed by atoms with Crippen molar-refractivity contribution < 1.29 is 19.4 Å². The molecule has 0 bridgehead atoms. The van der Waals surface area contributed by atoms with Gasteiger partial charge in [0, 0.05) is 0 Å². The molecule has 1 aromatic rings. The van der Waals surface area contributed by atoms with Crippen molar-refractivity contribution in [3.8, 4) is 0 Å². The van der Waals surface area contributed by atoms with E-state index in [1.54, 1.807) is 19.1 Å². The summed E-state index contributed by atoms with van der Waals surface area (Å²) in [5.41, 5.74) is -1.09. The largest absolute Gasteiger partial charge is 0.481 e. The van der Waals surface area contributed by atoms with Crippen LogP contribution in [0.1, 0.15) is 16.6 Å². The van der Waals surface area contributed by atoms with Crippen LogP contribution in [0, 0.1) is 5.41 Å². The van der Waals surface area contributed by atoms with Crippen LogP contribution in [-0.4, -0.2) is 36.2 Å². The van der Waals surface area contributed by atoms with Crippen LogP contribution in [0.2, 0.25) is 4.34 Å². The van der Waals surface area contributed by atoms with E-state index in [0.717, 1.165) is 11.3 Å². The van der Waals surface area contributed by atoms with Gasteiger partial charge in [-0.2, -0.15) is 0 Å². The van der Waals surface area contributed by atoms with Gasteiger partial charge in [0.25, 0.3) is 5.91 Å². The van der Waals surface area contributed by atoms with Gasteiger partial charge < -0.3 is 15.2 Å². The summed E-state index contributed by atoms with van der Waals surface area (Å²) in [5.74, 6) is -1.30. The second kappa shape index (κ2) is 4.87. The molecule has 1 aliphatic rings. The highest BCUT2D eigenvalue weighted by molar-refractivity contribution is 7.17. The Morgan fingerprint density at radius 2 is 2.33 bits per heavy atom. The van der Waals surface area contributed by atoms with E-state index in [-0.39, 0.29) is 19.1 Å². The van der Waals surface area contributed by atoms with E-state index in [4.69, 9.17) is 16.3 Å². The van der Waals surface area contributed by atoms with Gasteiger partial charge in [0.05, 0.1) is 28.5 Å². The van der Waals surface area contributed by atoms with Crippen molar-refractivity contribution in [2.45, 2.75) is 13.0 Å². The van der Waals surface area contributed by atoms with E-state index >= 15 is 0 Å². The predicted molar refractivity (Wildman–Crippen MR) is 67.1 cm³/mol.